The third kappa shape index (κ3) is 3.88. The van der Waals surface area contributed by atoms with Gasteiger partial charge in [0.15, 0.2) is 0 Å². The lowest BCUT2D eigenvalue weighted by Crippen LogP contribution is -2.35. The van der Waals surface area contributed by atoms with Crippen LogP contribution in [-0.4, -0.2) is 27.7 Å². The molecule has 1 unspecified atom stereocenters. The first-order valence-corrected chi connectivity index (χ1v) is 8.55. The number of aromatic amines is 1. The lowest BCUT2D eigenvalue weighted by atomic mass is 10.1. The standard InChI is InChI=1S/C20H26N4/c1-15-12-19(23-22-15)13-16(2)24-11-7-10-20(24)17(3)21-14-18-8-5-4-6-9-18/h4-6,8-9,12,20-21H,2-3,7,10-11,13-14H2,1H3,(H,22,23). The minimum atomic E-state index is 0.321. The molecule has 0 aliphatic carbocycles. The number of benzene rings is 1. The smallest absolute Gasteiger partial charge is 0.0683 e. The fourth-order valence-corrected chi connectivity index (χ4v) is 3.31. The van der Waals surface area contributed by atoms with Crippen LogP contribution >= 0.6 is 0 Å². The van der Waals surface area contributed by atoms with Crippen molar-refractivity contribution in [2.75, 3.05) is 6.54 Å². The molecule has 2 heterocycles. The van der Waals surface area contributed by atoms with Gasteiger partial charge in [0.2, 0.25) is 0 Å². The summed E-state index contributed by atoms with van der Waals surface area (Å²) in [5.74, 6) is 0. The molecule has 1 saturated heterocycles. The van der Waals surface area contributed by atoms with Gasteiger partial charge in [-0.2, -0.15) is 5.10 Å². The largest absolute Gasteiger partial charge is 0.383 e. The van der Waals surface area contributed by atoms with Gasteiger partial charge in [0, 0.05) is 36.6 Å². The zero-order valence-corrected chi connectivity index (χ0v) is 14.4. The number of nitrogens with zero attached hydrogens (tertiary/aromatic N) is 2. The maximum absolute atomic E-state index is 4.32. The van der Waals surface area contributed by atoms with E-state index >= 15 is 0 Å². The molecule has 1 aromatic heterocycles. The number of hydrogen-bond acceptors (Lipinski definition) is 3. The number of H-pyrrole nitrogens is 1. The van der Waals surface area contributed by atoms with Crippen LogP contribution in [0.4, 0.5) is 0 Å². The Morgan fingerprint density at radius 1 is 1.33 bits per heavy atom. The minimum Gasteiger partial charge on any atom is -0.383 e. The molecule has 3 rings (SSSR count). The van der Waals surface area contributed by atoms with Gasteiger partial charge in [-0.3, -0.25) is 5.10 Å². The second kappa shape index (κ2) is 7.39. The molecular formula is C20H26N4. The van der Waals surface area contributed by atoms with Gasteiger partial charge in [-0.05, 0) is 31.4 Å². The van der Waals surface area contributed by atoms with Crippen LogP contribution < -0.4 is 5.32 Å². The zero-order chi connectivity index (χ0) is 16.9. The van der Waals surface area contributed by atoms with E-state index in [0.717, 1.165) is 48.7 Å². The number of aromatic nitrogens is 2. The van der Waals surface area contributed by atoms with E-state index in [1.54, 1.807) is 0 Å². The van der Waals surface area contributed by atoms with Gasteiger partial charge in [0.05, 0.1) is 11.7 Å². The van der Waals surface area contributed by atoms with E-state index in [2.05, 4.69) is 63.9 Å². The molecule has 1 aliphatic heterocycles. The molecule has 1 atom stereocenters. The van der Waals surface area contributed by atoms with Crippen molar-refractivity contribution < 1.29 is 0 Å². The molecule has 4 heteroatoms. The first kappa shape index (κ1) is 16.4. The number of aryl methyl sites for hydroxylation is 1. The van der Waals surface area contributed by atoms with E-state index in [1.807, 2.05) is 13.0 Å². The second-order valence-corrected chi connectivity index (χ2v) is 6.50. The quantitative estimate of drug-likeness (QED) is 0.819. The Kier molecular flexibility index (Phi) is 5.04. The lowest BCUT2D eigenvalue weighted by Gasteiger charge is -2.30. The van der Waals surface area contributed by atoms with Crippen molar-refractivity contribution in [3.05, 3.63) is 77.9 Å². The van der Waals surface area contributed by atoms with Crippen molar-refractivity contribution in [1.82, 2.24) is 20.4 Å². The first-order chi connectivity index (χ1) is 11.6. The minimum absolute atomic E-state index is 0.321. The van der Waals surface area contributed by atoms with E-state index in [4.69, 9.17) is 0 Å². The molecule has 2 aromatic rings. The number of rotatable bonds is 7. The molecule has 0 radical (unpaired) electrons. The van der Waals surface area contributed by atoms with Crippen LogP contribution in [0.2, 0.25) is 0 Å². The maximum Gasteiger partial charge on any atom is 0.0683 e. The molecule has 0 saturated carbocycles. The normalized spacial score (nSPS) is 17.0. The fourth-order valence-electron chi connectivity index (χ4n) is 3.31. The summed E-state index contributed by atoms with van der Waals surface area (Å²) in [5, 5.41) is 10.8. The van der Waals surface area contributed by atoms with Gasteiger partial charge in [-0.15, -0.1) is 0 Å². The molecule has 1 aliphatic rings. The van der Waals surface area contributed by atoms with Crippen molar-refractivity contribution in [1.29, 1.82) is 0 Å². The Hall–Kier alpha value is -2.49. The summed E-state index contributed by atoms with van der Waals surface area (Å²) in [4.78, 5) is 2.38. The van der Waals surface area contributed by atoms with Crippen molar-refractivity contribution in [3.8, 4) is 0 Å². The zero-order valence-electron chi connectivity index (χ0n) is 14.4. The molecule has 0 bridgehead atoms. The van der Waals surface area contributed by atoms with Gasteiger partial charge in [-0.25, -0.2) is 0 Å². The highest BCUT2D eigenvalue weighted by molar-refractivity contribution is 5.20. The third-order valence-electron chi connectivity index (χ3n) is 4.57. The number of hydrogen-bond donors (Lipinski definition) is 2. The van der Waals surface area contributed by atoms with E-state index in [1.165, 1.54) is 12.0 Å². The highest BCUT2D eigenvalue weighted by atomic mass is 15.2. The van der Waals surface area contributed by atoms with Crippen molar-refractivity contribution in [3.63, 3.8) is 0 Å². The number of likely N-dealkylation sites (tertiary alicyclic amines) is 1. The second-order valence-electron chi connectivity index (χ2n) is 6.50. The maximum atomic E-state index is 4.32. The van der Waals surface area contributed by atoms with Crippen LogP contribution in [-0.2, 0) is 13.0 Å². The summed E-state index contributed by atoms with van der Waals surface area (Å²) in [5.41, 5.74) is 5.60. The molecule has 1 aromatic carbocycles. The average Bonchev–Trinajstić information content (AvgIpc) is 3.22. The monoisotopic (exact) mass is 322 g/mol. The van der Waals surface area contributed by atoms with Crippen LogP contribution in [0.1, 0.15) is 29.8 Å². The van der Waals surface area contributed by atoms with Gasteiger partial charge in [0.1, 0.15) is 0 Å². The summed E-state index contributed by atoms with van der Waals surface area (Å²) in [6.07, 6.45) is 3.08. The molecule has 4 nitrogen and oxygen atoms in total. The molecule has 0 amide bonds. The lowest BCUT2D eigenvalue weighted by molar-refractivity contribution is 0.337. The van der Waals surface area contributed by atoms with E-state index < -0.39 is 0 Å². The predicted octanol–water partition coefficient (Wildman–Crippen LogP) is 3.54. The van der Waals surface area contributed by atoms with Crippen LogP contribution in [0.15, 0.2) is 61.0 Å². The molecule has 1 fully saturated rings. The summed E-state index contributed by atoms with van der Waals surface area (Å²) >= 11 is 0. The average molecular weight is 322 g/mol. The van der Waals surface area contributed by atoms with Crippen molar-refractivity contribution in [2.45, 2.75) is 38.8 Å². The van der Waals surface area contributed by atoms with Crippen LogP contribution in [0.3, 0.4) is 0 Å². The van der Waals surface area contributed by atoms with Crippen molar-refractivity contribution >= 4 is 0 Å². The van der Waals surface area contributed by atoms with Gasteiger partial charge in [-0.1, -0.05) is 43.5 Å². The third-order valence-corrected chi connectivity index (χ3v) is 4.57. The summed E-state index contributed by atoms with van der Waals surface area (Å²) in [7, 11) is 0. The number of nitrogens with one attached hydrogen (secondary N) is 2. The van der Waals surface area contributed by atoms with Crippen LogP contribution in [0.25, 0.3) is 0 Å². The summed E-state index contributed by atoms with van der Waals surface area (Å²) in [6.45, 7) is 12.5. The Balaban J connectivity index is 1.57. The Morgan fingerprint density at radius 2 is 2.12 bits per heavy atom. The topological polar surface area (TPSA) is 44.0 Å². The Labute approximate surface area is 144 Å². The van der Waals surface area contributed by atoms with Gasteiger partial charge < -0.3 is 10.2 Å². The van der Waals surface area contributed by atoms with Crippen LogP contribution in [0, 0.1) is 6.92 Å². The van der Waals surface area contributed by atoms with Gasteiger partial charge in [0.25, 0.3) is 0 Å². The summed E-state index contributed by atoms with van der Waals surface area (Å²) in [6, 6.07) is 12.8. The highest BCUT2D eigenvalue weighted by Gasteiger charge is 2.27. The van der Waals surface area contributed by atoms with E-state index in [9.17, 15) is 0 Å². The summed E-state index contributed by atoms with van der Waals surface area (Å²) < 4.78 is 0. The Bertz CT molecular complexity index is 701. The van der Waals surface area contributed by atoms with Crippen molar-refractivity contribution in [2.24, 2.45) is 0 Å². The van der Waals surface area contributed by atoms with Crippen LogP contribution in [0.5, 0.6) is 0 Å². The highest BCUT2D eigenvalue weighted by Crippen LogP contribution is 2.26. The first-order valence-electron chi connectivity index (χ1n) is 8.55. The van der Waals surface area contributed by atoms with E-state index in [-0.39, 0.29) is 0 Å². The molecule has 24 heavy (non-hydrogen) atoms. The van der Waals surface area contributed by atoms with Gasteiger partial charge >= 0.3 is 0 Å². The Morgan fingerprint density at radius 3 is 2.83 bits per heavy atom. The van der Waals surface area contributed by atoms with E-state index in [0.29, 0.717) is 6.04 Å². The SMILES string of the molecule is C=C(NCc1ccccc1)C1CCCN1C(=C)Cc1cc(C)[nH]n1. The molecule has 126 valence electrons. The molecule has 0 spiro atoms. The molecule has 2 N–H and O–H groups in total. The number of allylic oxidation sites excluding steroid dienone is 1. The fraction of sp³-hybridized carbons (Fsp3) is 0.350. The molecular weight excluding hydrogens is 296 g/mol. The predicted molar refractivity (Wildman–Crippen MR) is 98.3 cm³/mol.